The second-order valence-corrected chi connectivity index (χ2v) is 4.59. The lowest BCUT2D eigenvalue weighted by Gasteiger charge is -2.05. The molecule has 0 aliphatic carbocycles. The second kappa shape index (κ2) is 6.15. The van der Waals surface area contributed by atoms with Crippen LogP contribution < -0.4 is 16.6 Å². The van der Waals surface area contributed by atoms with Gasteiger partial charge in [-0.1, -0.05) is 23.9 Å². The monoisotopic (exact) mass is 296 g/mol. The number of benzene rings is 1. The predicted molar refractivity (Wildman–Crippen MR) is 71.2 cm³/mol. The van der Waals surface area contributed by atoms with Crippen molar-refractivity contribution in [2.75, 3.05) is 11.1 Å². The average molecular weight is 296 g/mol. The van der Waals surface area contributed by atoms with Gasteiger partial charge in [-0.15, -0.1) is 0 Å². The van der Waals surface area contributed by atoms with Crippen molar-refractivity contribution in [3.8, 4) is 0 Å². The summed E-state index contributed by atoms with van der Waals surface area (Å²) >= 11 is 0.829. The fourth-order valence-corrected chi connectivity index (χ4v) is 1.95. The van der Waals surface area contributed by atoms with Crippen LogP contribution in [0.3, 0.4) is 0 Å². The number of nitrogens with zero attached hydrogens (tertiary/aromatic N) is 1. The standard InChI is InChI=1S/C11H9FN4O3S/c12-6-3-1-2-4-7(6)13-8(17)5-20-10-9(18)14-11(19)16-15-10/h1-4H,5H2,(H,13,17)(H2,14,16,18,19). The number of hydrogen-bond acceptors (Lipinski definition) is 5. The quantitative estimate of drug-likeness (QED) is 0.705. The SMILES string of the molecule is O=C(CSc1n[nH]c(=O)[nH]c1=O)Nc1ccccc1F. The van der Waals surface area contributed by atoms with Crippen LogP contribution in [-0.4, -0.2) is 26.8 Å². The van der Waals surface area contributed by atoms with Gasteiger partial charge in [-0.2, -0.15) is 5.10 Å². The maximum atomic E-state index is 13.3. The summed E-state index contributed by atoms with van der Waals surface area (Å²) in [7, 11) is 0. The molecule has 0 unspecified atom stereocenters. The number of amides is 1. The summed E-state index contributed by atoms with van der Waals surface area (Å²) in [6.45, 7) is 0. The number of rotatable bonds is 4. The molecule has 0 radical (unpaired) electrons. The van der Waals surface area contributed by atoms with Gasteiger partial charge in [-0.3, -0.25) is 14.6 Å². The third-order valence-corrected chi connectivity index (χ3v) is 3.12. The molecule has 20 heavy (non-hydrogen) atoms. The van der Waals surface area contributed by atoms with E-state index in [-0.39, 0.29) is 16.5 Å². The molecular weight excluding hydrogens is 287 g/mol. The summed E-state index contributed by atoms with van der Waals surface area (Å²) in [6, 6.07) is 5.73. The number of carbonyl (C=O) groups is 1. The van der Waals surface area contributed by atoms with E-state index in [2.05, 4.69) is 10.4 Å². The summed E-state index contributed by atoms with van der Waals surface area (Å²) in [4.78, 5) is 35.7. The van der Waals surface area contributed by atoms with Crippen LogP contribution in [0.15, 0.2) is 38.9 Å². The molecule has 0 atom stereocenters. The Morgan fingerprint density at radius 1 is 1.35 bits per heavy atom. The number of hydrogen-bond donors (Lipinski definition) is 3. The summed E-state index contributed by atoms with van der Waals surface area (Å²) in [6.07, 6.45) is 0. The van der Waals surface area contributed by atoms with Crippen molar-refractivity contribution in [1.82, 2.24) is 15.2 Å². The number of anilines is 1. The van der Waals surface area contributed by atoms with Gasteiger partial charge in [0.25, 0.3) is 5.56 Å². The Morgan fingerprint density at radius 2 is 2.10 bits per heavy atom. The molecule has 2 aromatic rings. The third kappa shape index (κ3) is 3.54. The first kappa shape index (κ1) is 14.0. The fraction of sp³-hybridized carbons (Fsp3) is 0.0909. The molecule has 9 heteroatoms. The van der Waals surface area contributed by atoms with Crippen molar-refractivity contribution in [2.45, 2.75) is 5.03 Å². The lowest BCUT2D eigenvalue weighted by Crippen LogP contribution is -2.25. The van der Waals surface area contributed by atoms with E-state index in [1.165, 1.54) is 18.2 Å². The lowest BCUT2D eigenvalue weighted by molar-refractivity contribution is -0.113. The second-order valence-electron chi connectivity index (χ2n) is 3.63. The van der Waals surface area contributed by atoms with Gasteiger partial charge >= 0.3 is 5.69 Å². The summed E-state index contributed by atoms with van der Waals surface area (Å²) in [5, 5.41) is 7.87. The van der Waals surface area contributed by atoms with Crippen molar-refractivity contribution in [3.63, 3.8) is 0 Å². The van der Waals surface area contributed by atoms with Crippen LogP contribution in [0, 0.1) is 5.82 Å². The number of aromatic nitrogens is 3. The molecule has 0 aliphatic heterocycles. The van der Waals surface area contributed by atoms with E-state index in [1.807, 2.05) is 10.1 Å². The zero-order valence-electron chi connectivity index (χ0n) is 9.97. The zero-order chi connectivity index (χ0) is 14.5. The smallest absolute Gasteiger partial charge is 0.323 e. The number of para-hydroxylation sites is 1. The molecule has 1 aromatic heterocycles. The number of thioether (sulfide) groups is 1. The third-order valence-electron chi connectivity index (χ3n) is 2.17. The van der Waals surface area contributed by atoms with Crippen molar-refractivity contribution in [1.29, 1.82) is 0 Å². The van der Waals surface area contributed by atoms with Crippen molar-refractivity contribution >= 4 is 23.4 Å². The molecule has 0 saturated heterocycles. The largest absolute Gasteiger partial charge is 0.342 e. The zero-order valence-corrected chi connectivity index (χ0v) is 10.8. The van der Waals surface area contributed by atoms with Crippen LogP contribution in [0.1, 0.15) is 0 Å². The van der Waals surface area contributed by atoms with Crippen LogP contribution >= 0.6 is 11.8 Å². The summed E-state index contributed by atoms with van der Waals surface area (Å²) < 4.78 is 13.3. The van der Waals surface area contributed by atoms with Crippen LogP contribution in [0.2, 0.25) is 0 Å². The Balaban J connectivity index is 1.97. The van der Waals surface area contributed by atoms with E-state index in [0.29, 0.717) is 0 Å². The molecule has 0 fully saturated rings. The number of aromatic amines is 2. The highest BCUT2D eigenvalue weighted by atomic mass is 32.2. The molecule has 0 aliphatic rings. The highest BCUT2D eigenvalue weighted by molar-refractivity contribution is 7.99. The van der Waals surface area contributed by atoms with E-state index >= 15 is 0 Å². The number of carbonyl (C=O) groups excluding carboxylic acids is 1. The van der Waals surface area contributed by atoms with Crippen molar-refractivity contribution < 1.29 is 9.18 Å². The van der Waals surface area contributed by atoms with Gasteiger partial charge in [0, 0.05) is 0 Å². The van der Waals surface area contributed by atoms with Gasteiger partial charge in [0.1, 0.15) is 5.82 Å². The van der Waals surface area contributed by atoms with Crippen LogP contribution in [0.25, 0.3) is 0 Å². The minimum Gasteiger partial charge on any atom is -0.323 e. The Labute approximate surface area is 115 Å². The molecule has 0 saturated carbocycles. The summed E-state index contributed by atoms with van der Waals surface area (Å²) in [5.41, 5.74) is -1.35. The van der Waals surface area contributed by atoms with Crippen LogP contribution in [-0.2, 0) is 4.79 Å². The normalized spacial score (nSPS) is 10.2. The Kier molecular flexibility index (Phi) is 4.31. The number of H-pyrrole nitrogens is 2. The topological polar surface area (TPSA) is 108 Å². The van der Waals surface area contributed by atoms with Crippen molar-refractivity contribution in [3.05, 3.63) is 50.9 Å². The highest BCUT2D eigenvalue weighted by Gasteiger charge is 2.09. The van der Waals surface area contributed by atoms with Gasteiger partial charge < -0.3 is 5.32 Å². The molecule has 0 spiro atoms. The molecule has 1 aromatic carbocycles. The van der Waals surface area contributed by atoms with Crippen LogP contribution in [0.4, 0.5) is 10.1 Å². The Bertz CT molecular complexity index is 743. The van der Waals surface area contributed by atoms with Gasteiger partial charge in [0.15, 0.2) is 5.03 Å². The minimum atomic E-state index is -0.727. The first-order valence-corrected chi connectivity index (χ1v) is 6.41. The molecule has 1 heterocycles. The molecule has 0 bridgehead atoms. The molecule has 1 amide bonds. The van der Waals surface area contributed by atoms with E-state index in [9.17, 15) is 18.8 Å². The van der Waals surface area contributed by atoms with E-state index in [0.717, 1.165) is 11.8 Å². The van der Waals surface area contributed by atoms with Gasteiger partial charge in [0.2, 0.25) is 5.91 Å². The van der Waals surface area contributed by atoms with Crippen LogP contribution in [0.5, 0.6) is 0 Å². The first-order chi connectivity index (χ1) is 9.56. The highest BCUT2D eigenvalue weighted by Crippen LogP contribution is 2.14. The number of halogens is 1. The van der Waals surface area contributed by atoms with E-state index < -0.39 is 23.0 Å². The average Bonchev–Trinajstić information content (AvgIpc) is 2.40. The maximum Gasteiger partial charge on any atom is 0.342 e. The van der Waals surface area contributed by atoms with Gasteiger partial charge in [0.05, 0.1) is 11.4 Å². The molecule has 7 nitrogen and oxygen atoms in total. The predicted octanol–water partition coefficient (Wildman–Crippen LogP) is 0.328. The molecular formula is C11H9FN4O3S. The lowest BCUT2D eigenvalue weighted by atomic mass is 10.3. The fourth-order valence-electron chi connectivity index (χ4n) is 1.32. The Hall–Kier alpha value is -2.42. The molecule has 2 rings (SSSR count). The van der Waals surface area contributed by atoms with Crippen molar-refractivity contribution in [2.24, 2.45) is 0 Å². The summed E-state index contributed by atoms with van der Waals surface area (Å²) in [5.74, 6) is -1.19. The molecule has 104 valence electrons. The van der Waals surface area contributed by atoms with Gasteiger partial charge in [-0.25, -0.2) is 14.3 Å². The number of nitrogens with one attached hydrogen (secondary N) is 3. The van der Waals surface area contributed by atoms with E-state index in [4.69, 9.17) is 0 Å². The Morgan fingerprint density at radius 3 is 2.80 bits per heavy atom. The maximum absolute atomic E-state index is 13.3. The van der Waals surface area contributed by atoms with Gasteiger partial charge in [-0.05, 0) is 12.1 Å². The minimum absolute atomic E-state index is 0.0479. The first-order valence-electron chi connectivity index (χ1n) is 5.42. The van der Waals surface area contributed by atoms with E-state index in [1.54, 1.807) is 6.07 Å². The molecule has 3 N–H and O–H groups in total.